The fraction of sp³-hybridized carbons (Fsp3) is 0.160. The molecule has 2 aromatic carbocycles. The summed E-state index contributed by atoms with van der Waals surface area (Å²) >= 11 is 7.53. The molecule has 3 unspecified atom stereocenters. The highest BCUT2D eigenvalue weighted by molar-refractivity contribution is 7.08. The highest BCUT2D eigenvalue weighted by atomic mass is 35.5. The number of hydrogen-bond acceptors (Lipinski definition) is 5. The van der Waals surface area contributed by atoms with Crippen LogP contribution in [-0.4, -0.2) is 17.9 Å². The van der Waals surface area contributed by atoms with E-state index < -0.39 is 23.4 Å². The molecule has 0 bridgehead atoms. The molecule has 0 amide bonds. The lowest BCUT2D eigenvalue weighted by Gasteiger charge is -2.35. The maximum absolute atomic E-state index is 13.9. The number of Topliss-reactive ketones (excluding diaryl/α,β-unsaturated/α-hetero) is 1. The molecule has 1 fully saturated rings. The molecule has 0 spiro atoms. The van der Waals surface area contributed by atoms with E-state index in [2.05, 4.69) is 12.1 Å². The van der Waals surface area contributed by atoms with Crippen molar-refractivity contribution in [2.45, 2.75) is 18.0 Å². The Hall–Kier alpha value is -3.38. The predicted octanol–water partition coefficient (Wildman–Crippen LogP) is 5.69. The number of carbonyl (C=O) groups excluding carboxylic acids is 1. The van der Waals surface area contributed by atoms with Crippen molar-refractivity contribution in [3.05, 3.63) is 93.1 Å². The summed E-state index contributed by atoms with van der Waals surface area (Å²) in [5, 5.41) is 25.0. The molecule has 0 N–H and O–H groups in total. The van der Waals surface area contributed by atoms with Crippen LogP contribution in [0.25, 0.3) is 6.08 Å². The van der Waals surface area contributed by atoms with Crippen LogP contribution < -0.4 is 4.90 Å². The molecule has 150 valence electrons. The van der Waals surface area contributed by atoms with Gasteiger partial charge in [0.2, 0.25) is 0 Å². The molecule has 0 radical (unpaired) electrons. The number of anilines is 1. The van der Waals surface area contributed by atoms with Gasteiger partial charge in [0, 0.05) is 22.2 Å². The molecule has 5 rings (SSSR count). The van der Waals surface area contributed by atoms with Gasteiger partial charge in [0.1, 0.15) is 6.04 Å². The van der Waals surface area contributed by atoms with Crippen molar-refractivity contribution >= 4 is 40.5 Å². The first-order valence-electron chi connectivity index (χ1n) is 9.80. The summed E-state index contributed by atoms with van der Waals surface area (Å²) in [5.41, 5.74) is 1.75. The third kappa shape index (κ3) is 2.82. The van der Waals surface area contributed by atoms with Crippen LogP contribution in [0.5, 0.6) is 0 Å². The Morgan fingerprint density at radius 2 is 1.81 bits per heavy atom. The molecule has 1 saturated heterocycles. The number of para-hydroxylation sites is 1. The number of carbonyl (C=O) groups is 1. The first-order valence-corrected chi connectivity index (χ1v) is 11.1. The molecule has 6 heteroatoms. The highest BCUT2D eigenvalue weighted by Gasteiger charge is 2.63. The quantitative estimate of drug-likeness (QED) is 0.490. The molecule has 31 heavy (non-hydrogen) atoms. The Bertz CT molecular complexity index is 1250. The molecule has 2 aliphatic rings. The van der Waals surface area contributed by atoms with Gasteiger partial charge in [0.05, 0.1) is 18.2 Å². The molecule has 1 aromatic heterocycles. The molecule has 2 aliphatic heterocycles. The number of rotatable bonds is 3. The molecule has 4 nitrogen and oxygen atoms in total. The number of thiophene rings is 1. The Morgan fingerprint density at radius 1 is 1.06 bits per heavy atom. The lowest BCUT2D eigenvalue weighted by Crippen LogP contribution is -2.44. The number of nitriles is 2. The Labute approximate surface area is 189 Å². The number of benzene rings is 2. The summed E-state index contributed by atoms with van der Waals surface area (Å²) in [4.78, 5) is 15.9. The van der Waals surface area contributed by atoms with Gasteiger partial charge in [-0.3, -0.25) is 4.79 Å². The average Bonchev–Trinajstić information content (AvgIpc) is 3.43. The van der Waals surface area contributed by atoms with Crippen molar-refractivity contribution in [2.24, 2.45) is 5.41 Å². The van der Waals surface area contributed by atoms with Gasteiger partial charge in [-0.05, 0) is 58.3 Å². The lowest BCUT2D eigenvalue weighted by molar-refractivity contribution is 0.0951. The summed E-state index contributed by atoms with van der Waals surface area (Å²) < 4.78 is 0. The van der Waals surface area contributed by atoms with Gasteiger partial charge >= 0.3 is 0 Å². The van der Waals surface area contributed by atoms with E-state index in [-0.39, 0.29) is 5.78 Å². The van der Waals surface area contributed by atoms with E-state index in [4.69, 9.17) is 11.6 Å². The smallest absolute Gasteiger partial charge is 0.185 e. The molecule has 3 aromatic rings. The van der Waals surface area contributed by atoms with Crippen LogP contribution in [0.2, 0.25) is 5.02 Å². The predicted molar refractivity (Wildman–Crippen MR) is 122 cm³/mol. The molecular formula is C25H16ClN3OS. The van der Waals surface area contributed by atoms with E-state index in [9.17, 15) is 15.3 Å². The Morgan fingerprint density at radius 3 is 2.48 bits per heavy atom. The summed E-state index contributed by atoms with van der Waals surface area (Å²) in [6, 6.07) is 19.9. The van der Waals surface area contributed by atoms with Gasteiger partial charge in [-0.2, -0.15) is 21.9 Å². The van der Waals surface area contributed by atoms with E-state index in [0.717, 1.165) is 16.8 Å². The van der Waals surface area contributed by atoms with Crippen molar-refractivity contribution in [3.63, 3.8) is 0 Å². The minimum absolute atomic E-state index is 0.129. The fourth-order valence-electron chi connectivity index (χ4n) is 4.84. The van der Waals surface area contributed by atoms with Gasteiger partial charge in [-0.1, -0.05) is 42.0 Å². The zero-order valence-electron chi connectivity index (χ0n) is 16.3. The van der Waals surface area contributed by atoms with Gasteiger partial charge < -0.3 is 4.90 Å². The number of ketones is 1. The van der Waals surface area contributed by atoms with Crippen LogP contribution in [-0.2, 0) is 0 Å². The molecule has 0 saturated carbocycles. The number of hydrogen-bond donors (Lipinski definition) is 0. The summed E-state index contributed by atoms with van der Waals surface area (Å²) in [6.07, 6.45) is 3.84. The second-order valence-corrected chi connectivity index (χ2v) is 8.93. The fourth-order valence-corrected chi connectivity index (χ4v) is 5.67. The van der Waals surface area contributed by atoms with Gasteiger partial charge in [-0.25, -0.2) is 0 Å². The first kappa shape index (κ1) is 19.6. The maximum atomic E-state index is 13.9. The van der Waals surface area contributed by atoms with Crippen LogP contribution in [0, 0.1) is 28.1 Å². The standard InChI is InChI=1S/C25H16ClN3OS/c26-19-8-5-17(6-9-19)24(30)23-22(18-11-12-31-13-18)25(14-27,15-28)21-10-7-16-3-1-2-4-20(16)29(21)23/h1-13,21-23H. The molecule has 3 heterocycles. The SMILES string of the molecule is N#CC1(C#N)C(c2ccsc2)C(C(=O)c2ccc(Cl)cc2)N2c3ccccc3C=CC21. The number of fused-ring (bicyclic) bond motifs is 3. The van der Waals surface area contributed by atoms with Crippen LogP contribution in [0.15, 0.2) is 71.4 Å². The summed E-state index contributed by atoms with van der Waals surface area (Å²) in [5.74, 6) is -0.729. The number of nitrogens with zero attached hydrogens (tertiary/aromatic N) is 3. The largest absolute Gasteiger partial charge is 0.351 e. The second-order valence-electron chi connectivity index (χ2n) is 7.71. The zero-order valence-corrected chi connectivity index (χ0v) is 17.8. The van der Waals surface area contributed by atoms with E-state index in [1.165, 1.54) is 11.3 Å². The minimum Gasteiger partial charge on any atom is -0.351 e. The highest BCUT2D eigenvalue weighted by Crippen LogP contribution is 2.55. The van der Waals surface area contributed by atoms with Crippen LogP contribution in [0.1, 0.15) is 27.4 Å². The summed E-state index contributed by atoms with van der Waals surface area (Å²) in [6.45, 7) is 0. The topological polar surface area (TPSA) is 67.9 Å². The second kappa shape index (κ2) is 7.39. The first-order chi connectivity index (χ1) is 15.1. The number of halogens is 1. The zero-order chi connectivity index (χ0) is 21.6. The molecular weight excluding hydrogens is 426 g/mol. The monoisotopic (exact) mass is 441 g/mol. The van der Waals surface area contributed by atoms with Crippen molar-refractivity contribution < 1.29 is 4.79 Å². The third-order valence-electron chi connectivity index (χ3n) is 6.21. The minimum atomic E-state index is -1.40. The molecule has 3 atom stereocenters. The summed E-state index contributed by atoms with van der Waals surface area (Å²) in [7, 11) is 0. The van der Waals surface area contributed by atoms with E-state index in [0.29, 0.717) is 10.6 Å². The maximum Gasteiger partial charge on any atom is 0.185 e. The van der Waals surface area contributed by atoms with Gasteiger partial charge in [0.25, 0.3) is 0 Å². The Balaban J connectivity index is 1.77. The van der Waals surface area contributed by atoms with Crippen LogP contribution in [0.4, 0.5) is 5.69 Å². The van der Waals surface area contributed by atoms with Crippen molar-refractivity contribution in [3.8, 4) is 12.1 Å². The van der Waals surface area contributed by atoms with Crippen LogP contribution in [0.3, 0.4) is 0 Å². The van der Waals surface area contributed by atoms with Crippen molar-refractivity contribution in [1.82, 2.24) is 0 Å². The van der Waals surface area contributed by atoms with Gasteiger partial charge in [-0.15, -0.1) is 0 Å². The van der Waals surface area contributed by atoms with Crippen LogP contribution >= 0.6 is 22.9 Å². The Kier molecular flexibility index (Phi) is 4.67. The molecule has 0 aliphatic carbocycles. The lowest BCUT2D eigenvalue weighted by atomic mass is 9.69. The van der Waals surface area contributed by atoms with Crippen molar-refractivity contribution in [2.75, 3.05) is 4.90 Å². The van der Waals surface area contributed by atoms with E-state index in [1.54, 1.807) is 24.3 Å². The average molecular weight is 442 g/mol. The third-order valence-corrected chi connectivity index (χ3v) is 7.17. The van der Waals surface area contributed by atoms with Gasteiger partial charge in [0.15, 0.2) is 11.2 Å². The van der Waals surface area contributed by atoms with E-state index >= 15 is 0 Å². The van der Waals surface area contributed by atoms with Crippen molar-refractivity contribution in [1.29, 1.82) is 10.5 Å². The van der Waals surface area contributed by atoms with E-state index in [1.807, 2.05) is 58.1 Å². The normalized spacial score (nSPS) is 22.8.